The SMILES string of the molecule is Cc1ccc(NC(=O)Nc2cc(NC(=O)c3ccccc3)ccc2N2CCCCC2)cc1F. The number of nitrogens with zero attached hydrogens (tertiary/aromatic N) is 1. The lowest BCUT2D eigenvalue weighted by Crippen LogP contribution is -2.31. The van der Waals surface area contributed by atoms with Crippen LogP contribution in [0.5, 0.6) is 0 Å². The number of carbonyl (C=O) groups is 2. The number of hydrogen-bond donors (Lipinski definition) is 3. The first kappa shape index (κ1) is 22.3. The van der Waals surface area contributed by atoms with Gasteiger partial charge in [0.25, 0.3) is 5.91 Å². The molecule has 4 rings (SSSR count). The lowest BCUT2D eigenvalue weighted by Gasteiger charge is -2.31. The minimum Gasteiger partial charge on any atom is -0.370 e. The van der Waals surface area contributed by atoms with E-state index in [-0.39, 0.29) is 11.7 Å². The van der Waals surface area contributed by atoms with Gasteiger partial charge in [0.1, 0.15) is 5.82 Å². The van der Waals surface area contributed by atoms with Crippen LogP contribution in [-0.4, -0.2) is 25.0 Å². The number of nitrogens with one attached hydrogen (secondary N) is 3. The maximum atomic E-state index is 13.9. The molecule has 0 unspecified atom stereocenters. The van der Waals surface area contributed by atoms with Gasteiger partial charge in [-0.05, 0) is 74.2 Å². The Morgan fingerprint density at radius 3 is 2.24 bits per heavy atom. The van der Waals surface area contributed by atoms with E-state index in [1.165, 1.54) is 12.5 Å². The van der Waals surface area contributed by atoms with E-state index in [0.717, 1.165) is 31.6 Å². The summed E-state index contributed by atoms with van der Waals surface area (Å²) in [7, 11) is 0. The average molecular weight is 447 g/mol. The second kappa shape index (κ2) is 10.2. The molecule has 7 heteroatoms. The van der Waals surface area contributed by atoms with Gasteiger partial charge in [-0.15, -0.1) is 0 Å². The molecule has 3 N–H and O–H groups in total. The molecule has 6 nitrogen and oxygen atoms in total. The van der Waals surface area contributed by atoms with E-state index < -0.39 is 6.03 Å². The number of urea groups is 1. The van der Waals surface area contributed by atoms with Crippen LogP contribution < -0.4 is 20.9 Å². The van der Waals surface area contributed by atoms with E-state index >= 15 is 0 Å². The van der Waals surface area contributed by atoms with Crippen LogP contribution in [0.15, 0.2) is 66.7 Å². The van der Waals surface area contributed by atoms with Crippen molar-refractivity contribution in [2.45, 2.75) is 26.2 Å². The molecule has 1 saturated heterocycles. The van der Waals surface area contributed by atoms with Crippen LogP contribution in [0.1, 0.15) is 35.2 Å². The van der Waals surface area contributed by atoms with Crippen molar-refractivity contribution in [2.24, 2.45) is 0 Å². The molecule has 3 amide bonds. The van der Waals surface area contributed by atoms with E-state index in [0.29, 0.717) is 28.2 Å². The number of aryl methyl sites for hydroxylation is 1. The van der Waals surface area contributed by atoms with Crippen LogP contribution in [0.4, 0.5) is 31.9 Å². The third-order valence-corrected chi connectivity index (χ3v) is 5.67. The number of piperidine rings is 1. The average Bonchev–Trinajstić information content (AvgIpc) is 2.83. The van der Waals surface area contributed by atoms with E-state index in [9.17, 15) is 14.0 Å². The van der Waals surface area contributed by atoms with Gasteiger partial charge in [0, 0.05) is 30.0 Å². The minimum absolute atomic E-state index is 0.230. The van der Waals surface area contributed by atoms with Gasteiger partial charge in [-0.1, -0.05) is 24.3 Å². The van der Waals surface area contributed by atoms with Gasteiger partial charge < -0.3 is 20.9 Å². The van der Waals surface area contributed by atoms with Crippen molar-refractivity contribution in [3.05, 3.63) is 83.7 Å². The molecule has 33 heavy (non-hydrogen) atoms. The summed E-state index contributed by atoms with van der Waals surface area (Å²) >= 11 is 0. The van der Waals surface area contributed by atoms with Crippen molar-refractivity contribution in [3.8, 4) is 0 Å². The van der Waals surface area contributed by atoms with Crippen LogP contribution in [0.3, 0.4) is 0 Å². The van der Waals surface area contributed by atoms with E-state index in [4.69, 9.17) is 0 Å². The van der Waals surface area contributed by atoms with E-state index in [2.05, 4.69) is 20.9 Å². The fourth-order valence-electron chi connectivity index (χ4n) is 3.87. The number of carbonyl (C=O) groups excluding carboxylic acids is 2. The van der Waals surface area contributed by atoms with Gasteiger partial charge in [-0.3, -0.25) is 4.79 Å². The summed E-state index contributed by atoms with van der Waals surface area (Å²) in [6.45, 7) is 3.46. The molecular weight excluding hydrogens is 419 g/mol. The highest BCUT2D eigenvalue weighted by molar-refractivity contribution is 6.06. The lowest BCUT2D eigenvalue weighted by atomic mass is 10.1. The predicted octanol–water partition coefficient (Wildman–Crippen LogP) is 6.02. The molecule has 170 valence electrons. The van der Waals surface area contributed by atoms with Gasteiger partial charge in [0.05, 0.1) is 11.4 Å². The Morgan fingerprint density at radius 1 is 0.818 bits per heavy atom. The third kappa shape index (κ3) is 5.68. The number of halogens is 1. The summed E-state index contributed by atoms with van der Waals surface area (Å²) in [4.78, 5) is 27.5. The number of hydrogen-bond acceptors (Lipinski definition) is 3. The quantitative estimate of drug-likeness (QED) is 0.449. The smallest absolute Gasteiger partial charge is 0.323 e. The highest BCUT2D eigenvalue weighted by atomic mass is 19.1. The Morgan fingerprint density at radius 2 is 1.52 bits per heavy atom. The van der Waals surface area contributed by atoms with Crippen molar-refractivity contribution in [1.82, 2.24) is 0 Å². The van der Waals surface area contributed by atoms with Crippen molar-refractivity contribution in [2.75, 3.05) is 33.9 Å². The Labute approximate surface area is 192 Å². The van der Waals surface area contributed by atoms with Crippen LogP contribution in [0, 0.1) is 12.7 Å². The van der Waals surface area contributed by atoms with Crippen LogP contribution in [-0.2, 0) is 0 Å². The van der Waals surface area contributed by atoms with Crippen molar-refractivity contribution < 1.29 is 14.0 Å². The normalized spacial score (nSPS) is 13.3. The van der Waals surface area contributed by atoms with Crippen molar-refractivity contribution in [1.29, 1.82) is 0 Å². The molecule has 0 saturated carbocycles. The molecule has 1 aliphatic heterocycles. The van der Waals surface area contributed by atoms with Gasteiger partial charge in [0.2, 0.25) is 0 Å². The molecule has 0 radical (unpaired) electrons. The number of anilines is 4. The Balaban J connectivity index is 1.55. The van der Waals surface area contributed by atoms with Gasteiger partial charge in [-0.2, -0.15) is 0 Å². The molecule has 3 aromatic rings. The minimum atomic E-state index is -0.483. The molecule has 3 aromatic carbocycles. The zero-order valence-corrected chi connectivity index (χ0v) is 18.5. The zero-order chi connectivity index (χ0) is 23.2. The second-order valence-electron chi connectivity index (χ2n) is 8.14. The summed E-state index contributed by atoms with van der Waals surface area (Å²) in [6.07, 6.45) is 3.35. The Hall–Kier alpha value is -3.87. The summed E-state index contributed by atoms with van der Waals surface area (Å²) in [6, 6.07) is 18.5. The summed E-state index contributed by atoms with van der Waals surface area (Å²) in [5.74, 6) is -0.612. The first-order valence-electron chi connectivity index (χ1n) is 11.1. The fraction of sp³-hybridized carbons (Fsp3) is 0.231. The molecular formula is C26H27FN4O2. The van der Waals surface area contributed by atoms with Crippen molar-refractivity contribution in [3.63, 3.8) is 0 Å². The summed E-state index contributed by atoms with van der Waals surface area (Å²) < 4.78 is 13.9. The van der Waals surface area contributed by atoms with E-state index in [1.807, 2.05) is 18.2 Å². The summed E-state index contributed by atoms with van der Waals surface area (Å²) in [5, 5.41) is 8.44. The highest BCUT2D eigenvalue weighted by Crippen LogP contribution is 2.32. The van der Waals surface area contributed by atoms with Gasteiger partial charge >= 0.3 is 6.03 Å². The number of benzene rings is 3. The van der Waals surface area contributed by atoms with Crippen LogP contribution in [0.2, 0.25) is 0 Å². The monoisotopic (exact) mass is 446 g/mol. The molecule has 1 fully saturated rings. The molecule has 1 heterocycles. The lowest BCUT2D eigenvalue weighted by molar-refractivity contribution is 0.102. The molecule has 0 aliphatic carbocycles. The first-order chi connectivity index (χ1) is 16.0. The van der Waals surface area contributed by atoms with Gasteiger partial charge in [-0.25, -0.2) is 9.18 Å². The van der Waals surface area contributed by atoms with Crippen LogP contribution >= 0.6 is 0 Å². The predicted molar refractivity (Wildman–Crippen MR) is 131 cm³/mol. The maximum Gasteiger partial charge on any atom is 0.323 e. The molecule has 1 aliphatic rings. The molecule has 0 atom stereocenters. The molecule has 0 spiro atoms. The zero-order valence-electron chi connectivity index (χ0n) is 18.5. The second-order valence-corrected chi connectivity index (χ2v) is 8.14. The maximum absolute atomic E-state index is 13.9. The number of rotatable bonds is 5. The number of amides is 3. The van der Waals surface area contributed by atoms with Gasteiger partial charge in [0.15, 0.2) is 0 Å². The first-order valence-corrected chi connectivity index (χ1v) is 11.1. The van der Waals surface area contributed by atoms with Crippen molar-refractivity contribution >= 4 is 34.7 Å². The standard InChI is InChI=1S/C26H27FN4O2/c1-18-10-11-20(16-22(18)27)29-26(33)30-23-17-21(28-25(32)19-8-4-2-5-9-19)12-13-24(23)31-14-6-3-7-15-31/h2,4-5,8-13,16-17H,3,6-7,14-15H2,1H3,(H,28,32)(H2,29,30,33). The Kier molecular flexibility index (Phi) is 6.88. The van der Waals surface area contributed by atoms with E-state index in [1.54, 1.807) is 49.4 Å². The fourth-order valence-corrected chi connectivity index (χ4v) is 3.87. The molecule has 0 aromatic heterocycles. The molecule has 0 bridgehead atoms. The topological polar surface area (TPSA) is 73.5 Å². The summed E-state index contributed by atoms with van der Waals surface area (Å²) in [5.41, 5.74) is 3.46. The highest BCUT2D eigenvalue weighted by Gasteiger charge is 2.17. The largest absolute Gasteiger partial charge is 0.370 e. The third-order valence-electron chi connectivity index (χ3n) is 5.67. The van der Waals surface area contributed by atoms with Crippen LogP contribution in [0.25, 0.3) is 0 Å². The Bertz CT molecular complexity index is 1140.